The summed E-state index contributed by atoms with van der Waals surface area (Å²) in [4.78, 5) is 15.2. The van der Waals surface area contributed by atoms with Gasteiger partial charge in [-0.1, -0.05) is 59.6 Å². The van der Waals surface area contributed by atoms with E-state index in [0.29, 0.717) is 5.57 Å². The number of Topliss-reactive ketones (excluding diaryl/α,β-unsaturated/α-hetero) is 1. The number of halogens is 2. The lowest BCUT2D eigenvalue weighted by molar-refractivity contribution is -0.512. The van der Waals surface area contributed by atoms with Crippen LogP contribution in [0.15, 0.2) is 108 Å². The zero-order chi connectivity index (χ0) is 26.8. The molecule has 0 aromatic heterocycles. The van der Waals surface area contributed by atoms with Crippen LogP contribution in [-0.2, 0) is 17.9 Å². The average molecular weight is 545 g/mol. The summed E-state index contributed by atoms with van der Waals surface area (Å²) in [7, 11) is 4.04. The SMILES string of the molecule is CN(Cc1ccc(Cl)cc1)c1ccc(C2C(=O)C(=C3C=CC(=[N+](C)Cc4ccc(Cl)cc4)C=C3)C2O)cc1. The number of aliphatic hydroxyl groups excluding tert-OH is 1. The highest BCUT2D eigenvalue weighted by Gasteiger charge is 2.46. The third-order valence-corrected chi connectivity index (χ3v) is 7.64. The van der Waals surface area contributed by atoms with Gasteiger partial charge in [0, 0.05) is 52.6 Å². The molecule has 0 heterocycles. The Morgan fingerprint density at radius 2 is 1.37 bits per heavy atom. The monoisotopic (exact) mass is 543 g/mol. The Kier molecular flexibility index (Phi) is 7.66. The van der Waals surface area contributed by atoms with Crippen LogP contribution in [0.4, 0.5) is 5.69 Å². The van der Waals surface area contributed by atoms with E-state index in [-0.39, 0.29) is 5.78 Å². The predicted molar refractivity (Wildman–Crippen MR) is 155 cm³/mol. The van der Waals surface area contributed by atoms with Crippen LogP contribution in [0.2, 0.25) is 10.0 Å². The molecule has 5 rings (SSSR count). The van der Waals surface area contributed by atoms with Gasteiger partial charge in [-0.3, -0.25) is 4.79 Å². The minimum Gasteiger partial charge on any atom is -0.387 e. The quantitative estimate of drug-likeness (QED) is 0.290. The van der Waals surface area contributed by atoms with Gasteiger partial charge in [0.1, 0.15) is 7.05 Å². The molecule has 0 amide bonds. The molecule has 0 radical (unpaired) electrons. The zero-order valence-electron chi connectivity index (χ0n) is 21.3. The van der Waals surface area contributed by atoms with Crippen LogP contribution >= 0.6 is 23.2 Å². The predicted octanol–water partition coefficient (Wildman–Crippen LogP) is 6.36. The maximum atomic E-state index is 13.1. The fourth-order valence-corrected chi connectivity index (χ4v) is 5.17. The van der Waals surface area contributed by atoms with Crippen molar-refractivity contribution < 1.29 is 14.5 Å². The minimum absolute atomic E-state index is 0.0259. The van der Waals surface area contributed by atoms with Gasteiger partial charge in [-0.2, -0.15) is 0 Å². The molecule has 38 heavy (non-hydrogen) atoms. The third kappa shape index (κ3) is 5.53. The molecule has 0 aliphatic heterocycles. The summed E-state index contributed by atoms with van der Waals surface area (Å²) in [6.07, 6.45) is 6.97. The lowest BCUT2D eigenvalue weighted by atomic mass is 9.69. The van der Waals surface area contributed by atoms with Gasteiger partial charge in [-0.05, 0) is 65.3 Å². The number of benzene rings is 3. The summed E-state index contributed by atoms with van der Waals surface area (Å²) in [5.74, 6) is -0.560. The summed E-state index contributed by atoms with van der Waals surface area (Å²) in [6, 6.07) is 23.5. The first kappa shape index (κ1) is 26.2. The number of aliphatic hydroxyl groups is 1. The number of rotatable bonds is 6. The van der Waals surface area contributed by atoms with Crippen molar-refractivity contribution in [1.29, 1.82) is 0 Å². The molecule has 1 fully saturated rings. The summed E-state index contributed by atoms with van der Waals surface area (Å²) in [5.41, 5.74) is 6.45. The van der Waals surface area contributed by atoms with E-state index in [1.165, 1.54) is 0 Å². The number of ketones is 1. The molecule has 1 saturated carbocycles. The van der Waals surface area contributed by atoms with Gasteiger partial charge in [-0.25, -0.2) is 4.58 Å². The van der Waals surface area contributed by atoms with E-state index in [1.54, 1.807) is 0 Å². The molecule has 0 saturated heterocycles. The van der Waals surface area contributed by atoms with Crippen LogP contribution in [0.5, 0.6) is 0 Å². The van der Waals surface area contributed by atoms with Crippen LogP contribution in [0, 0.1) is 0 Å². The zero-order valence-corrected chi connectivity index (χ0v) is 22.8. The van der Waals surface area contributed by atoms with Crippen LogP contribution in [0.25, 0.3) is 0 Å². The van der Waals surface area contributed by atoms with Crippen LogP contribution < -0.4 is 4.90 Å². The summed E-state index contributed by atoms with van der Waals surface area (Å²) < 4.78 is 2.13. The van der Waals surface area contributed by atoms with Gasteiger partial charge >= 0.3 is 0 Å². The Hall–Kier alpha value is -3.44. The summed E-state index contributed by atoms with van der Waals surface area (Å²) in [5, 5.41) is 12.4. The fourth-order valence-electron chi connectivity index (χ4n) is 4.92. The van der Waals surface area contributed by atoms with E-state index < -0.39 is 12.0 Å². The lowest BCUT2D eigenvalue weighted by Gasteiger charge is -2.36. The number of hydrogen-bond donors (Lipinski definition) is 1. The smallest absolute Gasteiger partial charge is 0.199 e. The Labute approximate surface area is 233 Å². The average Bonchev–Trinajstić information content (AvgIpc) is 2.92. The molecule has 3 aromatic carbocycles. The van der Waals surface area contributed by atoms with Crippen molar-refractivity contribution in [2.45, 2.75) is 25.1 Å². The second-order valence-corrected chi connectivity index (χ2v) is 10.7. The summed E-state index contributed by atoms with van der Waals surface area (Å²) in [6.45, 7) is 1.48. The molecule has 6 heteroatoms. The minimum atomic E-state index is -0.821. The summed E-state index contributed by atoms with van der Waals surface area (Å²) >= 11 is 12.0. The molecule has 2 aliphatic carbocycles. The van der Waals surface area contributed by atoms with Crippen molar-refractivity contribution in [2.75, 3.05) is 19.0 Å². The first-order valence-corrected chi connectivity index (χ1v) is 13.3. The second kappa shape index (κ2) is 11.1. The molecule has 2 atom stereocenters. The Balaban J connectivity index is 1.25. The van der Waals surface area contributed by atoms with Crippen LogP contribution in [0.3, 0.4) is 0 Å². The molecule has 2 unspecified atom stereocenters. The van der Waals surface area contributed by atoms with E-state index in [4.69, 9.17) is 23.2 Å². The van der Waals surface area contributed by atoms with Gasteiger partial charge in [0.15, 0.2) is 18.0 Å². The molecular formula is C32H29Cl2N2O2+. The molecular weight excluding hydrogens is 515 g/mol. The third-order valence-electron chi connectivity index (χ3n) is 7.14. The van der Waals surface area contributed by atoms with Gasteiger partial charge in [0.05, 0.1) is 12.0 Å². The van der Waals surface area contributed by atoms with Gasteiger partial charge in [-0.15, -0.1) is 0 Å². The maximum Gasteiger partial charge on any atom is 0.199 e. The number of carbonyl (C=O) groups excluding carboxylic acids is 1. The van der Waals surface area contributed by atoms with Crippen molar-refractivity contribution in [3.63, 3.8) is 0 Å². The van der Waals surface area contributed by atoms with E-state index in [1.807, 2.05) is 111 Å². The first-order valence-electron chi connectivity index (χ1n) is 12.5. The standard InChI is InChI=1S/C32H29Cl2N2O2/c1-35(19-21-3-11-25(33)12-4-21)27-15-7-23(8-16-27)29-31(37)30(32(29)38)24-9-17-28(18-10-24)36(2)20-22-5-13-26(34)14-6-22/h3-18,29,31,37H,19-20H2,1-2H3/q+1. The molecule has 0 bridgehead atoms. The van der Waals surface area contributed by atoms with Gasteiger partial charge in [0.2, 0.25) is 0 Å². The van der Waals surface area contributed by atoms with Crippen LogP contribution in [0.1, 0.15) is 22.6 Å². The molecule has 0 spiro atoms. The van der Waals surface area contributed by atoms with Gasteiger partial charge in [0.25, 0.3) is 0 Å². The van der Waals surface area contributed by atoms with E-state index >= 15 is 0 Å². The van der Waals surface area contributed by atoms with E-state index in [0.717, 1.165) is 56.8 Å². The fraction of sp³-hybridized carbons (Fsp3) is 0.188. The van der Waals surface area contributed by atoms with E-state index in [9.17, 15) is 9.90 Å². The highest BCUT2D eigenvalue weighted by Crippen LogP contribution is 2.41. The van der Waals surface area contributed by atoms with Crippen molar-refractivity contribution in [3.05, 3.63) is 135 Å². The Bertz CT molecular complexity index is 1450. The van der Waals surface area contributed by atoms with Crippen molar-refractivity contribution in [2.24, 2.45) is 0 Å². The number of allylic oxidation sites excluding steroid dienone is 5. The molecule has 1 N–H and O–H groups in total. The lowest BCUT2D eigenvalue weighted by Crippen LogP contribution is -2.43. The number of carbonyl (C=O) groups is 1. The normalized spacial score (nSPS) is 18.6. The molecule has 3 aromatic rings. The second-order valence-electron chi connectivity index (χ2n) is 9.80. The number of anilines is 1. The first-order chi connectivity index (χ1) is 18.3. The molecule has 192 valence electrons. The molecule has 4 nitrogen and oxygen atoms in total. The van der Waals surface area contributed by atoms with Gasteiger partial charge < -0.3 is 10.0 Å². The number of nitrogens with zero attached hydrogens (tertiary/aromatic N) is 2. The van der Waals surface area contributed by atoms with Crippen molar-refractivity contribution in [3.8, 4) is 0 Å². The Morgan fingerprint density at radius 3 is 1.92 bits per heavy atom. The number of hydrogen-bond acceptors (Lipinski definition) is 3. The molecule has 2 aliphatic rings. The van der Waals surface area contributed by atoms with E-state index in [2.05, 4.69) is 9.48 Å². The van der Waals surface area contributed by atoms with Crippen LogP contribution in [-0.4, -0.2) is 41.4 Å². The largest absolute Gasteiger partial charge is 0.387 e. The van der Waals surface area contributed by atoms with Crippen molar-refractivity contribution in [1.82, 2.24) is 0 Å². The topological polar surface area (TPSA) is 43.5 Å². The highest BCUT2D eigenvalue weighted by atomic mass is 35.5. The maximum absolute atomic E-state index is 13.1. The Morgan fingerprint density at radius 1 is 0.816 bits per heavy atom. The highest BCUT2D eigenvalue weighted by molar-refractivity contribution is 6.30. The van der Waals surface area contributed by atoms with Crippen molar-refractivity contribution >= 4 is 40.4 Å².